The van der Waals surface area contributed by atoms with Crippen LogP contribution >= 0.6 is 0 Å². The Hall–Kier alpha value is -3.21. The Kier molecular flexibility index (Phi) is 6.74. The SMILES string of the molecule is O=C(NC1CCC(O)CC1)NC(Cc1ccc(C(F)(F)F)cc1F)c1nc2cc(F)ccc2[nH]1. The molecule has 1 heterocycles. The third-order valence-electron chi connectivity index (χ3n) is 5.94. The first-order valence-electron chi connectivity index (χ1n) is 10.8. The number of benzene rings is 2. The molecule has 1 unspecified atom stereocenters. The minimum Gasteiger partial charge on any atom is -0.393 e. The van der Waals surface area contributed by atoms with E-state index in [1.54, 1.807) is 0 Å². The molecule has 1 saturated carbocycles. The Balaban J connectivity index is 1.57. The van der Waals surface area contributed by atoms with Crippen LogP contribution in [0.5, 0.6) is 0 Å². The first-order chi connectivity index (χ1) is 16.1. The lowest BCUT2D eigenvalue weighted by Gasteiger charge is -2.27. The predicted octanol–water partition coefficient (Wildman–Crippen LogP) is 4.75. The average molecular weight is 482 g/mol. The molecule has 2 amide bonds. The van der Waals surface area contributed by atoms with E-state index in [0.717, 1.165) is 12.1 Å². The number of halogens is 5. The molecule has 0 radical (unpaired) electrons. The van der Waals surface area contributed by atoms with Crippen molar-refractivity contribution in [1.29, 1.82) is 0 Å². The predicted molar refractivity (Wildman–Crippen MR) is 114 cm³/mol. The Labute approximate surface area is 191 Å². The molecule has 1 aliphatic carbocycles. The largest absolute Gasteiger partial charge is 0.416 e. The summed E-state index contributed by atoms with van der Waals surface area (Å²) in [7, 11) is 0. The van der Waals surface area contributed by atoms with Gasteiger partial charge in [-0.25, -0.2) is 18.6 Å². The minimum atomic E-state index is -4.69. The summed E-state index contributed by atoms with van der Waals surface area (Å²) < 4.78 is 66.8. The van der Waals surface area contributed by atoms with E-state index in [1.807, 2.05) is 0 Å². The van der Waals surface area contributed by atoms with E-state index < -0.39 is 41.6 Å². The molecule has 1 atom stereocenters. The summed E-state index contributed by atoms with van der Waals surface area (Å²) in [5.41, 5.74) is -0.394. The van der Waals surface area contributed by atoms with Gasteiger partial charge in [0.15, 0.2) is 0 Å². The Morgan fingerprint density at radius 1 is 1.12 bits per heavy atom. The quantitative estimate of drug-likeness (QED) is 0.396. The van der Waals surface area contributed by atoms with Gasteiger partial charge in [-0.1, -0.05) is 6.07 Å². The highest BCUT2D eigenvalue weighted by atomic mass is 19.4. The fraction of sp³-hybridized carbons (Fsp3) is 0.391. The molecule has 4 rings (SSSR count). The van der Waals surface area contributed by atoms with Gasteiger partial charge >= 0.3 is 12.2 Å². The van der Waals surface area contributed by atoms with Crippen molar-refractivity contribution in [2.75, 3.05) is 0 Å². The summed E-state index contributed by atoms with van der Waals surface area (Å²) in [6.45, 7) is 0. The van der Waals surface area contributed by atoms with Gasteiger partial charge in [0.25, 0.3) is 0 Å². The van der Waals surface area contributed by atoms with E-state index in [4.69, 9.17) is 0 Å². The number of H-pyrrole nitrogens is 1. The molecule has 182 valence electrons. The average Bonchev–Trinajstić information content (AvgIpc) is 3.18. The third-order valence-corrected chi connectivity index (χ3v) is 5.94. The molecular formula is C23H23F5N4O2. The first-order valence-corrected chi connectivity index (χ1v) is 10.8. The van der Waals surface area contributed by atoms with E-state index >= 15 is 0 Å². The van der Waals surface area contributed by atoms with Crippen molar-refractivity contribution >= 4 is 17.1 Å². The summed E-state index contributed by atoms with van der Waals surface area (Å²) in [5, 5.41) is 15.1. The number of alkyl halides is 3. The van der Waals surface area contributed by atoms with Crippen LogP contribution in [0.4, 0.5) is 26.7 Å². The van der Waals surface area contributed by atoms with Crippen molar-refractivity contribution in [3.63, 3.8) is 0 Å². The molecule has 6 nitrogen and oxygen atoms in total. The molecule has 1 aromatic heterocycles. The zero-order chi connectivity index (χ0) is 24.5. The summed E-state index contributed by atoms with van der Waals surface area (Å²) in [6, 6.07) is 4.44. The molecule has 0 aliphatic heterocycles. The summed E-state index contributed by atoms with van der Waals surface area (Å²) in [6.07, 6.45) is -2.97. The standard InChI is InChI=1S/C23H23F5N4O2/c24-14-3-8-18-19(11-14)31-21(30-18)20(32-22(34)29-15-4-6-16(33)7-5-15)9-12-1-2-13(10-17(12)25)23(26,27)28/h1-3,8,10-11,15-16,20,33H,4-7,9H2,(H,30,31)(H2,29,32,34). The highest BCUT2D eigenvalue weighted by Gasteiger charge is 2.32. The van der Waals surface area contributed by atoms with Crippen molar-refractivity contribution < 1.29 is 31.9 Å². The maximum atomic E-state index is 14.5. The van der Waals surface area contributed by atoms with Gasteiger partial charge in [0.05, 0.1) is 28.7 Å². The topological polar surface area (TPSA) is 90.0 Å². The number of nitrogens with one attached hydrogen (secondary N) is 3. The molecule has 4 N–H and O–H groups in total. The van der Waals surface area contributed by atoms with E-state index in [-0.39, 0.29) is 29.4 Å². The molecule has 1 fully saturated rings. The summed E-state index contributed by atoms with van der Waals surface area (Å²) >= 11 is 0. The van der Waals surface area contributed by atoms with E-state index in [1.165, 1.54) is 18.2 Å². The number of hydrogen-bond acceptors (Lipinski definition) is 3. The fourth-order valence-electron chi connectivity index (χ4n) is 4.09. The number of amides is 2. The number of carbonyl (C=O) groups excluding carboxylic acids is 1. The smallest absolute Gasteiger partial charge is 0.393 e. The summed E-state index contributed by atoms with van der Waals surface area (Å²) in [4.78, 5) is 19.9. The van der Waals surface area contributed by atoms with Crippen LogP contribution < -0.4 is 10.6 Å². The number of imidazole rings is 1. The number of urea groups is 1. The second-order valence-corrected chi connectivity index (χ2v) is 8.47. The van der Waals surface area contributed by atoms with Crippen LogP contribution in [0.25, 0.3) is 11.0 Å². The van der Waals surface area contributed by atoms with Gasteiger partial charge in [0, 0.05) is 18.5 Å². The van der Waals surface area contributed by atoms with Gasteiger partial charge in [-0.05, 0) is 55.5 Å². The van der Waals surface area contributed by atoms with E-state index in [2.05, 4.69) is 20.6 Å². The number of aliphatic hydroxyl groups excluding tert-OH is 1. The van der Waals surface area contributed by atoms with Crippen LogP contribution in [0.1, 0.15) is 48.7 Å². The van der Waals surface area contributed by atoms with Gasteiger partial charge in [-0.3, -0.25) is 0 Å². The number of hydrogen-bond donors (Lipinski definition) is 4. The Morgan fingerprint density at radius 3 is 2.53 bits per heavy atom. The van der Waals surface area contributed by atoms with Crippen molar-refractivity contribution in [2.45, 2.75) is 56.5 Å². The van der Waals surface area contributed by atoms with Crippen LogP contribution in [0.15, 0.2) is 36.4 Å². The molecular weight excluding hydrogens is 459 g/mol. The number of fused-ring (bicyclic) bond motifs is 1. The molecule has 34 heavy (non-hydrogen) atoms. The van der Waals surface area contributed by atoms with Crippen LogP contribution in [-0.4, -0.2) is 33.3 Å². The van der Waals surface area contributed by atoms with Crippen LogP contribution in [-0.2, 0) is 12.6 Å². The molecule has 0 bridgehead atoms. The van der Waals surface area contributed by atoms with Gasteiger partial charge in [0.1, 0.15) is 17.5 Å². The second kappa shape index (κ2) is 9.57. The van der Waals surface area contributed by atoms with Crippen LogP contribution in [0, 0.1) is 11.6 Å². The highest BCUT2D eigenvalue weighted by molar-refractivity contribution is 5.76. The minimum absolute atomic E-state index is 0.0503. The molecule has 2 aromatic carbocycles. The van der Waals surface area contributed by atoms with E-state index in [0.29, 0.717) is 37.3 Å². The van der Waals surface area contributed by atoms with Gasteiger partial charge in [0.2, 0.25) is 0 Å². The van der Waals surface area contributed by atoms with E-state index in [9.17, 15) is 31.9 Å². The van der Waals surface area contributed by atoms with Crippen molar-refractivity contribution in [3.8, 4) is 0 Å². The number of nitrogens with zero attached hydrogens (tertiary/aromatic N) is 1. The monoisotopic (exact) mass is 482 g/mol. The van der Waals surface area contributed by atoms with Gasteiger partial charge < -0.3 is 20.7 Å². The number of aromatic nitrogens is 2. The number of carbonyl (C=O) groups is 1. The normalized spacial score (nSPS) is 19.7. The fourth-order valence-corrected chi connectivity index (χ4v) is 4.09. The zero-order valence-electron chi connectivity index (χ0n) is 17.9. The Morgan fingerprint density at radius 2 is 1.85 bits per heavy atom. The molecule has 3 aromatic rings. The maximum Gasteiger partial charge on any atom is 0.416 e. The lowest BCUT2D eigenvalue weighted by molar-refractivity contribution is -0.137. The summed E-state index contributed by atoms with van der Waals surface area (Å²) in [5.74, 6) is -1.37. The third kappa shape index (κ3) is 5.64. The van der Waals surface area contributed by atoms with Crippen molar-refractivity contribution in [2.24, 2.45) is 0 Å². The van der Waals surface area contributed by atoms with Crippen molar-refractivity contribution in [1.82, 2.24) is 20.6 Å². The zero-order valence-corrected chi connectivity index (χ0v) is 17.9. The lowest BCUT2D eigenvalue weighted by atomic mass is 9.93. The van der Waals surface area contributed by atoms with Gasteiger partial charge in [-0.15, -0.1) is 0 Å². The second-order valence-electron chi connectivity index (χ2n) is 8.47. The van der Waals surface area contributed by atoms with Crippen LogP contribution in [0.2, 0.25) is 0 Å². The van der Waals surface area contributed by atoms with Crippen LogP contribution in [0.3, 0.4) is 0 Å². The molecule has 0 spiro atoms. The number of aromatic amines is 1. The molecule has 1 aliphatic rings. The van der Waals surface area contributed by atoms with Crippen molar-refractivity contribution in [3.05, 3.63) is 65.0 Å². The highest BCUT2D eigenvalue weighted by Crippen LogP contribution is 2.31. The maximum absolute atomic E-state index is 14.5. The number of rotatable bonds is 5. The number of aliphatic hydroxyl groups is 1. The first kappa shape index (κ1) is 23.9. The lowest BCUT2D eigenvalue weighted by Crippen LogP contribution is -2.45. The Bertz CT molecular complexity index is 1170. The molecule has 11 heteroatoms. The van der Waals surface area contributed by atoms with Gasteiger partial charge in [-0.2, -0.15) is 13.2 Å². The molecule has 0 saturated heterocycles.